The lowest BCUT2D eigenvalue weighted by Crippen LogP contribution is -2.09. The number of nitrogens with zero attached hydrogens (tertiary/aromatic N) is 1. The van der Waals surface area contributed by atoms with Gasteiger partial charge >= 0.3 is 0 Å². The summed E-state index contributed by atoms with van der Waals surface area (Å²) in [5.74, 6) is 0.470. The van der Waals surface area contributed by atoms with E-state index in [0.29, 0.717) is 17.3 Å². The number of pyridine rings is 1. The van der Waals surface area contributed by atoms with E-state index in [4.69, 9.17) is 16.3 Å². The van der Waals surface area contributed by atoms with E-state index in [2.05, 4.69) is 4.98 Å². The van der Waals surface area contributed by atoms with Crippen LogP contribution in [0.1, 0.15) is 38.2 Å². The zero-order chi connectivity index (χ0) is 12.1. The molecule has 0 radical (unpaired) electrons. The molecule has 0 bridgehead atoms. The predicted molar refractivity (Wildman–Crippen MR) is 64.1 cm³/mol. The molecule has 0 saturated carbocycles. The molecule has 0 fully saturated rings. The van der Waals surface area contributed by atoms with Crippen molar-refractivity contribution in [2.24, 2.45) is 0 Å². The first-order valence-electron chi connectivity index (χ1n) is 5.32. The monoisotopic (exact) mass is 241 g/mol. The summed E-state index contributed by atoms with van der Waals surface area (Å²) in [5, 5.41) is 0.512. The summed E-state index contributed by atoms with van der Waals surface area (Å²) in [6, 6.07) is 1.72. The number of hydrogen-bond acceptors (Lipinski definition) is 3. The number of carbonyl (C=O) groups excluding carboxylic acids is 1. The van der Waals surface area contributed by atoms with Gasteiger partial charge in [-0.3, -0.25) is 4.79 Å². The fraction of sp³-hybridized carbons (Fsp3) is 0.500. The van der Waals surface area contributed by atoms with E-state index >= 15 is 0 Å². The quantitative estimate of drug-likeness (QED) is 0.795. The van der Waals surface area contributed by atoms with Crippen molar-refractivity contribution in [2.75, 3.05) is 7.11 Å². The Bertz CT molecular complexity index is 379. The minimum atomic E-state index is -0.204. The molecule has 0 saturated heterocycles. The van der Waals surface area contributed by atoms with Crippen LogP contribution in [0.25, 0.3) is 0 Å². The molecule has 0 aliphatic rings. The van der Waals surface area contributed by atoms with Crippen molar-refractivity contribution >= 4 is 17.4 Å². The second kappa shape index (κ2) is 5.85. The zero-order valence-corrected chi connectivity index (χ0v) is 10.5. The van der Waals surface area contributed by atoms with Crippen molar-refractivity contribution in [3.05, 3.63) is 22.8 Å². The van der Waals surface area contributed by atoms with Crippen LogP contribution in [-0.4, -0.2) is 17.9 Å². The van der Waals surface area contributed by atoms with E-state index in [9.17, 15) is 4.79 Å². The lowest BCUT2D eigenvalue weighted by atomic mass is 9.95. The highest BCUT2D eigenvalue weighted by molar-refractivity contribution is 6.31. The molecule has 0 amide bonds. The summed E-state index contributed by atoms with van der Waals surface area (Å²) in [6.45, 7) is 3.85. The molecule has 88 valence electrons. The second-order valence-electron chi connectivity index (χ2n) is 3.69. The first-order valence-corrected chi connectivity index (χ1v) is 5.70. The Morgan fingerprint density at radius 3 is 2.88 bits per heavy atom. The number of halogens is 1. The number of ether oxygens (including phenoxy) is 1. The van der Waals surface area contributed by atoms with Gasteiger partial charge in [-0.25, -0.2) is 4.98 Å². The van der Waals surface area contributed by atoms with Gasteiger partial charge in [0.25, 0.3) is 0 Å². The van der Waals surface area contributed by atoms with Crippen LogP contribution in [0.2, 0.25) is 5.02 Å². The summed E-state index contributed by atoms with van der Waals surface area (Å²) in [6.07, 6.45) is 2.94. The van der Waals surface area contributed by atoms with Gasteiger partial charge < -0.3 is 4.74 Å². The average molecular weight is 242 g/mol. The summed E-state index contributed by atoms with van der Waals surface area (Å²) < 4.78 is 5.02. The van der Waals surface area contributed by atoms with Crippen molar-refractivity contribution < 1.29 is 9.53 Å². The Labute approximate surface area is 101 Å². The van der Waals surface area contributed by atoms with E-state index in [1.807, 2.05) is 13.8 Å². The molecule has 0 aliphatic carbocycles. The van der Waals surface area contributed by atoms with Gasteiger partial charge in [0.15, 0.2) is 0 Å². The van der Waals surface area contributed by atoms with Crippen LogP contribution in [-0.2, 0) is 4.79 Å². The van der Waals surface area contributed by atoms with Crippen molar-refractivity contribution in [1.29, 1.82) is 0 Å². The van der Waals surface area contributed by atoms with E-state index < -0.39 is 0 Å². The van der Waals surface area contributed by atoms with Crippen LogP contribution in [0.5, 0.6) is 5.88 Å². The second-order valence-corrected chi connectivity index (χ2v) is 4.09. The normalized spacial score (nSPS) is 12.2. The highest BCUT2D eigenvalue weighted by Crippen LogP contribution is 2.28. The van der Waals surface area contributed by atoms with Crippen LogP contribution in [0.4, 0.5) is 0 Å². The van der Waals surface area contributed by atoms with E-state index in [0.717, 1.165) is 12.0 Å². The zero-order valence-electron chi connectivity index (χ0n) is 9.79. The Hall–Kier alpha value is -1.09. The third-order valence-electron chi connectivity index (χ3n) is 2.51. The number of aromatic nitrogens is 1. The van der Waals surface area contributed by atoms with E-state index in [1.165, 1.54) is 6.20 Å². The van der Waals surface area contributed by atoms with Crippen LogP contribution in [0.15, 0.2) is 12.3 Å². The summed E-state index contributed by atoms with van der Waals surface area (Å²) in [4.78, 5) is 15.8. The number of Topliss-reactive ketones (excluding diaryl/α,β-unsaturated/α-hetero) is 1. The van der Waals surface area contributed by atoms with Gasteiger partial charge in [0, 0.05) is 24.6 Å². The van der Waals surface area contributed by atoms with Gasteiger partial charge in [-0.2, -0.15) is 0 Å². The van der Waals surface area contributed by atoms with Gasteiger partial charge in [0.05, 0.1) is 12.1 Å². The maximum absolute atomic E-state index is 11.8. The number of methoxy groups -OCH3 is 1. The molecule has 0 aromatic carbocycles. The molecule has 1 heterocycles. The molecule has 1 unspecified atom stereocenters. The van der Waals surface area contributed by atoms with Gasteiger partial charge in [-0.05, 0) is 12.0 Å². The number of carbonyl (C=O) groups is 1. The molecule has 0 aliphatic heterocycles. The Morgan fingerprint density at radius 2 is 2.31 bits per heavy atom. The lowest BCUT2D eigenvalue weighted by molar-refractivity contribution is -0.120. The third kappa shape index (κ3) is 2.95. The third-order valence-corrected chi connectivity index (χ3v) is 2.83. The molecule has 1 aromatic heterocycles. The minimum Gasteiger partial charge on any atom is -0.481 e. The lowest BCUT2D eigenvalue weighted by Gasteiger charge is -2.12. The Morgan fingerprint density at radius 1 is 1.62 bits per heavy atom. The Kier molecular flexibility index (Phi) is 4.74. The summed E-state index contributed by atoms with van der Waals surface area (Å²) in [7, 11) is 1.54. The first-order chi connectivity index (χ1) is 7.60. The molecule has 0 N–H and O–H groups in total. The highest BCUT2D eigenvalue weighted by Gasteiger charge is 2.18. The maximum atomic E-state index is 11.8. The first kappa shape index (κ1) is 13.0. The summed E-state index contributed by atoms with van der Waals surface area (Å²) in [5.41, 5.74) is 0.784. The van der Waals surface area contributed by atoms with E-state index in [1.54, 1.807) is 13.2 Å². The highest BCUT2D eigenvalue weighted by atomic mass is 35.5. The van der Waals surface area contributed by atoms with Crippen molar-refractivity contribution in [3.63, 3.8) is 0 Å². The topological polar surface area (TPSA) is 39.2 Å². The largest absolute Gasteiger partial charge is 0.481 e. The van der Waals surface area contributed by atoms with Crippen LogP contribution in [0, 0.1) is 0 Å². The van der Waals surface area contributed by atoms with Crippen LogP contribution in [0.3, 0.4) is 0 Å². The standard InChI is InChI=1S/C12H16ClNO2/c1-4-5-11(15)8(2)9-6-12(16-3)14-7-10(9)13/h6-8H,4-5H2,1-3H3. The molecular formula is C12H16ClNO2. The van der Waals surface area contributed by atoms with Gasteiger partial charge in [-0.15, -0.1) is 0 Å². The smallest absolute Gasteiger partial charge is 0.213 e. The summed E-state index contributed by atoms with van der Waals surface area (Å²) >= 11 is 6.02. The number of rotatable bonds is 5. The molecule has 16 heavy (non-hydrogen) atoms. The van der Waals surface area contributed by atoms with Crippen molar-refractivity contribution in [1.82, 2.24) is 4.98 Å². The van der Waals surface area contributed by atoms with Crippen molar-refractivity contribution in [3.8, 4) is 5.88 Å². The van der Waals surface area contributed by atoms with Crippen molar-refractivity contribution in [2.45, 2.75) is 32.6 Å². The average Bonchev–Trinajstić information content (AvgIpc) is 2.29. The predicted octanol–water partition coefficient (Wildman–Crippen LogP) is 3.22. The van der Waals surface area contributed by atoms with Crippen LogP contribution < -0.4 is 4.74 Å². The molecule has 4 heteroatoms. The van der Waals surface area contributed by atoms with Gasteiger partial charge in [0.2, 0.25) is 5.88 Å². The fourth-order valence-corrected chi connectivity index (χ4v) is 1.78. The fourth-order valence-electron chi connectivity index (χ4n) is 1.51. The molecule has 0 spiro atoms. The van der Waals surface area contributed by atoms with Gasteiger partial charge in [0.1, 0.15) is 5.78 Å². The molecule has 1 aromatic rings. The molecule has 1 atom stereocenters. The SMILES string of the molecule is CCCC(=O)C(C)c1cc(OC)ncc1Cl. The Balaban J connectivity index is 2.97. The number of ketones is 1. The molecular weight excluding hydrogens is 226 g/mol. The molecule has 3 nitrogen and oxygen atoms in total. The van der Waals surface area contributed by atoms with Gasteiger partial charge in [-0.1, -0.05) is 25.4 Å². The van der Waals surface area contributed by atoms with E-state index in [-0.39, 0.29) is 11.7 Å². The molecule has 1 rings (SSSR count). The number of hydrogen-bond donors (Lipinski definition) is 0. The maximum Gasteiger partial charge on any atom is 0.213 e. The minimum absolute atomic E-state index is 0.192. The van der Waals surface area contributed by atoms with Crippen LogP contribution >= 0.6 is 11.6 Å².